The molecule has 2 N–H and O–H groups in total. The van der Waals surface area contributed by atoms with Crippen LogP contribution in [0.2, 0.25) is 0 Å². The van der Waals surface area contributed by atoms with Crippen molar-refractivity contribution >= 4 is 32.2 Å². The molecule has 0 saturated carbocycles. The van der Waals surface area contributed by atoms with E-state index < -0.39 is 34.6 Å². The molecule has 0 saturated heterocycles. The van der Waals surface area contributed by atoms with Crippen molar-refractivity contribution in [2.75, 3.05) is 18.2 Å². The summed E-state index contributed by atoms with van der Waals surface area (Å²) in [5.74, 6) is -0.940. The molecule has 2 aromatic carbocycles. The molecule has 0 spiro atoms. The Morgan fingerprint density at radius 1 is 1.15 bits per heavy atom. The molecular weight excluding hydrogens is 485 g/mol. The van der Waals surface area contributed by atoms with Crippen LogP contribution >= 0.6 is 11.3 Å². The second kappa shape index (κ2) is 9.77. The number of carbonyl (C=O) groups is 1. The number of aliphatic hydroxyl groups excluding tert-OH is 1. The van der Waals surface area contributed by atoms with Gasteiger partial charge < -0.3 is 14.6 Å². The summed E-state index contributed by atoms with van der Waals surface area (Å²) in [6, 6.07) is 8.74. The van der Waals surface area contributed by atoms with Gasteiger partial charge >= 0.3 is 6.18 Å². The molecule has 1 unspecified atom stereocenters. The highest BCUT2D eigenvalue weighted by Gasteiger charge is 2.41. The number of nitrogens with one attached hydrogen (secondary N) is 1. The number of halogens is 3. The molecule has 1 amide bonds. The van der Waals surface area contributed by atoms with E-state index >= 15 is 0 Å². The molecule has 176 valence electrons. The fourth-order valence-electron chi connectivity index (χ4n) is 2.55. The highest BCUT2D eigenvalue weighted by molar-refractivity contribution is 7.90. The van der Waals surface area contributed by atoms with Crippen LogP contribution < -0.4 is 14.8 Å². The monoisotopic (exact) mass is 502 g/mol. The molecular formula is C20H17F3N2O6S2. The van der Waals surface area contributed by atoms with Crippen LogP contribution in [0, 0.1) is 0 Å². The second-order valence-corrected chi connectivity index (χ2v) is 9.57. The fourth-order valence-corrected chi connectivity index (χ4v) is 3.70. The lowest BCUT2D eigenvalue weighted by Crippen LogP contribution is -2.37. The zero-order valence-corrected chi connectivity index (χ0v) is 18.5. The van der Waals surface area contributed by atoms with Crippen molar-refractivity contribution in [1.29, 1.82) is 0 Å². The first kappa shape index (κ1) is 24.5. The van der Waals surface area contributed by atoms with Crippen LogP contribution in [-0.4, -0.2) is 49.6 Å². The zero-order valence-electron chi connectivity index (χ0n) is 16.9. The van der Waals surface area contributed by atoms with Gasteiger partial charge in [0.2, 0.25) is 6.10 Å². The predicted molar refractivity (Wildman–Crippen MR) is 114 cm³/mol. The molecule has 0 radical (unpaired) electrons. The summed E-state index contributed by atoms with van der Waals surface area (Å²) in [6.45, 7) is -1.33. The zero-order chi connectivity index (χ0) is 24.2. The normalized spacial score (nSPS) is 12.8. The van der Waals surface area contributed by atoms with Gasteiger partial charge in [-0.15, -0.1) is 11.3 Å². The van der Waals surface area contributed by atoms with Gasteiger partial charge in [0.15, 0.2) is 15.0 Å². The van der Waals surface area contributed by atoms with Crippen LogP contribution in [0.1, 0.15) is 10.4 Å². The number of ether oxygens (including phenoxy) is 2. The Labute approximate surface area is 190 Å². The number of aromatic nitrogens is 1. The summed E-state index contributed by atoms with van der Waals surface area (Å²) in [6.07, 6.45) is -4.87. The molecule has 0 bridgehead atoms. The first-order valence-corrected chi connectivity index (χ1v) is 11.9. The minimum Gasteiger partial charge on any atom is -0.478 e. The van der Waals surface area contributed by atoms with Crippen molar-refractivity contribution in [2.45, 2.75) is 17.2 Å². The average molecular weight is 502 g/mol. The van der Waals surface area contributed by atoms with Gasteiger partial charge in [0, 0.05) is 29.5 Å². The van der Waals surface area contributed by atoms with Crippen LogP contribution in [0.5, 0.6) is 17.2 Å². The maximum atomic E-state index is 13.0. The highest BCUT2D eigenvalue weighted by atomic mass is 32.2. The number of thiazole rings is 1. The van der Waals surface area contributed by atoms with Crippen LogP contribution in [0.3, 0.4) is 0 Å². The summed E-state index contributed by atoms with van der Waals surface area (Å²) >= 11 is 1.14. The standard InChI is InChI=1S/C20H17F3N2O6S2/c1-33(28,29)16-4-2-13(3-5-16)30-14-8-12(18(27)25-19-24-6-7-32-19)9-15(10-14)31-17(11-26)20(21,22)23/h2-10,17,26H,11H2,1H3,(H,24,25,27). The van der Waals surface area contributed by atoms with Crippen LogP contribution in [0.15, 0.2) is 58.9 Å². The molecule has 3 rings (SSSR count). The lowest BCUT2D eigenvalue weighted by atomic mass is 10.2. The largest absolute Gasteiger partial charge is 0.478 e. The van der Waals surface area contributed by atoms with Gasteiger partial charge in [-0.2, -0.15) is 13.2 Å². The van der Waals surface area contributed by atoms with Crippen molar-refractivity contribution in [3.05, 3.63) is 59.6 Å². The number of carbonyl (C=O) groups excluding carboxylic acids is 1. The number of aliphatic hydroxyl groups is 1. The molecule has 13 heteroatoms. The summed E-state index contributed by atoms with van der Waals surface area (Å²) in [5, 5.41) is 13.5. The first-order chi connectivity index (χ1) is 15.5. The smallest absolute Gasteiger partial charge is 0.427 e. The number of anilines is 1. The van der Waals surface area contributed by atoms with Gasteiger partial charge in [-0.05, 0) is 36.4 Å². The van der Waals surface area contributed by atoms with E-state index in [4.69, 9.17) is 14.6 Å². The Morgan fingerprint density at radius 3 is 2.36 bits per heavy atom. The molecule has 3 aromatic rings. The lowest BCUT2D eigenvalue weighted by Gasteiger charge is -2.20. The lowest BCUT2D eigenvalue weighted by molar-refractivity contribution is -0.204. The van der Waals surface area contributed by atoms with Crippen LogP contribution in [0.4, 0.5) is 18.3 Å². The maximum Gasteiger partial charge on any atom is 0.427 e. The third-order valence-electron chi connectivity index (χ3n) is 4.09. The van der Waals surface area contributed by atoms with Gasteiger partial charge in [-0.1, -0.05) is 0 Å². The average Bonchev–Trinajstić information content (AvgIpc) is 3.23. The van der Waals surface area contributed by atoms with E-state index in [-0.39, 0.29) is 32.8 Å². The van der Waals surface area contributed by atoms with E-state index in [1.807, 2.05) is 0 Å². The van der Waals surface area contributed by atoms with Crippen molar-refractivity contribution in [2.24, 2.45) is 0 Å². The molecule has 1 heterocycles. The van der Waals surface area contributed by atoms with Gasteiger partial charge in [0.1, 0.15) is 17.2 Å². The van der Waals surface area contributed by atoms with E-state index in [1.54, 1.807) is 5.38 Å². The number of hydrogen-bond acceptors (Lipinski definition) is 8. The Balaban J connectivity index is 1.93. The van der Waals surface area contributed by atoms with E-state index in [0.717, 1.165) is 29.7 Å². The number of nitrogens with zero attached hydrogens (tertiary/aromatic N) is 1. The van der Waals surface area contributed by atoms with Gasteiger partial charge in [0.25, 0.3) is 5.91 Å². The number of alkyl halides is 3. The Hall–Kier alpha value is -3.16. The third-order valence-corrected chi connectivity index (χ3v) is 5.91. The maximum absolute atomic E-state index is 13.0. The van der Waals surface area contributed by atoms with E-state index in [9.17, 15) is 26.4 Å². The number of amides is 1. The van der Waals surface area contributed by atoms with Crippen LogP contribution in [0.25, 0.3) is 0 Å². The highest BCUT2D eigenvalue weighted by Crippen LogP contribution is 2.31. The third kappa shape index (κ3) is 6.66. The Kier molecular flexibility index (Phi) is 7.25. The molecule has 0 aliphatic heterocycles. The topological polar surface area (TPSA) is 115 Å². The number of benzene rings is 2. The van der Waals surface area contributed by atoms with Gasteiger partial charge in [-0.25, -0.2) is 13.4 Å². The van der Waals surface area contributed by atoms with E-state index in [0.29, 0.717) is 0 Å². The van der Waals surface area contributed by atoms with Crippen molar-refractivity contribution < 1.29 is 41.0 Å². The number of rotatable bonds is 8. The molecule has 33 heavy (non-hydrogen) atoms. The second-order valence-electron chi connectivity index (χ2n) is 6.66. The minimum absolute atomic E-state index is 0.0476. The molecule has 8 nitrogen and oxygen atoms in total. The molecule has 0 fully saturated rings. The van der Waals surface area contributed by atoms with Gasteiger partial charge in [0.05, 0.1) is 11.5 Å². The summed E-state index contributed by atoms with van der Waals surface area (Å²) in [5.41, 5.74) is -0.0932. The summed E-state index contributed by atoms with van der Waals surface area (Å²) in [4.78, 5) is 16.5. The van der Waals surface area contributed by atoms with Gasteiger partial charge in [-0.3, -0.25) is 10.1 Å². The Bertz CT molecular complexity index is 1210. The fraction of sp³-hybridized carbons (Fsp3) is 0.200. The van der Waals surface area contributed by atoms with E-state index in [2.05, 4.69) is 10.3 Å². The number of hydrogen-bond donors (Lipinski definition) is 2. The molecule has 0 aliphatic rings. The quantitative estimate of drug-likeness (QED) is 0.480. The van der Waals surface area contributed by atoms with Crippen molar-refractivity contribution in [1.82, 2.24) is 4.98 Å². The first-order valence-electron chi connectivity index (χ1n) is 9.14. The Morgan fingerprint density at radius 2 is 1.82 bits per heavy atom. The summed E-state index contributed by atoms with van der Waals surface area (Å²) < 4.78 is 72.8. The SMILES string of the molecule is CS(=O)(=O)c1ccc(Oc2cc(OC(CO)C(F)(F)F)cc(C(=O)Nc3nccs3)c2)cc1. The van der Waals surface area contributed by atoms with Crippen molar-refractivity contribution in [3.63, 3.8) is 0 Å². The van der Waals surface area contributed by atoms with Crippen LogP contribution in [-0.2, 0) is 9.84 Å². The molecule has 1 atom stereocenters. The minimum atomic E-state index is -4.85. The molecule has 0 aliphatic carbocycles. The number of sulfone groups is 1. The van der Waals surface area contributed by atoms with Crippen molar-refractivity contribution in [3.8, 4) is 17.2 Å². The molecule has 1 aromatic heterocycles. The van der Waals surface area contributed by atoms with E-state index in [1.165, 1.54) is 36.5 Å². The summed E-state index contributed by atoms with van der Waals surface area (Å²) in [7, 11) is -3.44. The predicted octanol–water partition coefficient (Wildman–Crippen LogP) is 3.89.